The van der Waals surface area contributed by atoms with Crippen molar-refractivity contribution in [2.24, 2.45) is 11.8 Å². The molecule has 3 rings (SSSR count). The SMILES string of the molecule is O=C(O)C1CC(Cc2cccc3ncsc23)C1. The molecule has 1 aliphatic carbocycles. The third-order valence-corrected chi connectivity index (χ3v) is 4.45. The number of carbonyl (C=O) groups is 1. The first-order valence-electron chi connectivity index (χ1n) is 5.78. The molecule has 17 heavy (non-hydrogen) atoms. The van der Waals surface area contributed by atoms with E-state index in [-0.39, 0.29) is 5.92 Å². The average molecular weight is 247 g/mol. The fourth-order valence-electron chi connectivity index (χ4n) is 2.52. The Morgan fingerprint density at radius 1 is 1.47 bits per heavy atom. The molecule has 0 amide bonds. The molecular weight excluding hydrogens is 234 g/mol. The van der Waals surface area contributed by atoms with Gasteiger partial charge >= 0.3 is 5.97 Å². The molecule has 1 heterocycles. The number of aromatic nitrogens is 1. The zero-order chi connectivity index (χ0) is 11.8. The van der Waals surface area contributed by atoms with Crippen LogP contribution in [0.5, 0.6) is 0 Å². The number of fused-ring (bicyclic) bond motifs is 1. The van der Waals surface area contributed by atoms with Crippen molar-refractivity contribution < 1.29 is 9.90 Å². The molecule has 4 heteroatoms. The summed E-state index contributed by atoms with van der Waals surface area (Å²) in [5, 5.41) is 8.85. The van der Waals surface area contributed by atoms with Gasteiger partial charge in [0.15, 0.2) is 0 Å². The van der Waals surface area contributed by atoms with Crippen molar-refractivity contribution in [1.82, 2.24) is 4.98 Å². The Labute approximate surface area is 103 Å². The summed E-state index contributed by atoms with van der Waals surface area (Å²) in [7, 11) is 0. The minimum atomic E-state index is -0.641. The molecule has 0 bridgehead atoms. The number of aliphatic carboxylic acids is 1. The van der Waals surface area contributed by atoms with E-state index in [1.54, 1.807) is 11.3 Å². The van der Waals surface area contributed by atoms with E-state index in [1.807, 2.05) is 17.6 Å². The lowest BCUT2D eigenvalue weighted by Gasteiger charge is -2.32. The minimum Gasteiger partial charge on any atom is -0.481 e. The fraction of sp³-hybridized carbons (Fsp3) is 0.385. The van der Waals surface area contributed by atoms with Crippen LogP contribution in [-0.4, -0.2) is 16.1 Å². The summed E-state index contributed by atoms with van der Waals surface area (Å²) in [6.45, 7) is 0. The van der Waals surface area contributed by atoms with Crippen LogP contribution in [0.15, 0.2) is 23.7 Å². The Bertz CT molecular complexity index is 557. The van der Waals surface area contributed by atoms with Gasteiger partial charge in [0.05, 0.1) is 21.6 Å². The number of rotatable bonds is 3. The van der Waals surface area contributed by atoms with Crippen LogP contribution in [0.25, 0.3) is 10.2 Å². The van der Waals surface area contributed by atoms with E-state index in [0.717, 1.165) is 24.8 Å². The zero-order valence-electron chi connectivity index (χ0n) is 9.30. The summed E-state index contributed by atoms with van der Waals surface area (Å²) >= 11 is 1.67. The van der Waals surface area contributed by atoms with Crippen molar-refractivity contribution in [3.8, 4) is 0 Å². The van der Waals surface area contributed by atoms with Gasteiger partial charge in [-0.15, -0.1) is 11.3 Å². The molecule has 1 aromatic carbocycles. The van der Waals surface area contributed by atoms with Crippen LogP contribution in [0.3, 0.4) is 0 Å². The van der Waals surface area contributed by atoms with E-state index in [9.17, 15) is 4.79 Å². The second-order valence-electron chi connectivity index (χ2n) is 4.69. The molecule has 1 fully saturated rings. The highest BCUT2D eigenvalue weighted by Crippen LogP contribution is 2.37. The van der Waals surface area contributed by atoms with Gasteiger partial charge in [-0.3, -0.25) is 4.79 Å². The molecule has 0 atom stereocenters. The lowest BCUT2D eigenvalue weighted by molar-refractivity contribution is -0.146. The monoisotopic (exact) mass is 247 g/mol. The van der Waals surface area contributed by atoms with E-state index in [2.05, 4.69) is 11.1 Å². The van der Waals surface area contributed by atoms with Crippen molar-refractivity contribution in [1.29, 1.82) is 0 Å². The van der Waals surface area contributed by atoms with E-state index >= 15 is 0 Å². The maximum atomic E-state index is 10.7. The molecule has 3 nitrogen and oxygen atoms in total. The normalized spacial score (nSPS) is 23.5. The number of carboxylic acids is 1. The van der Waals surface area contributed by atoms with Crippen LogP contribution in [0.2, 0.25) is 0 Å². The standard InChI is InChI=1S/C13H13NO2S/c15-13(16)10-5-8(6-10)4-9-2-1-3-11-12(9)17-7-14-11/h1-3,7-8,10H,4-6H2,(H,15,16). The van der Waals surface area contributed by atoms with Gasteiger partial charge < -0.3 is 5.11 Å². The molecule has 0 aliphatic heterocycles. The number of hydrogen-bond acceptors (Lipinski definition) is 3. The Morgan fingerprint density at radius 3 is 3.06 bits per heavy atom. The summed E-state index contributed by atoms with van der Waals surface area (Å²) in [4.78, 5) is 15.0. The topological polar surface area (TPSA) is 50.2 Å². The fourth-order valence-corrected chi connectivity index (χ4v) is 3.34. The number of benzene rings is 1. The Balaban J connectivity index is 1.74. The maximum absolute atomic E-state index is 10.7. The lowest BCUT2D eigenvalue weighted by atomic mass is 9.72. The first-order chi connectivity index (χ1) is 8.24. The van der Waals surface area contributed by atoms with Gasteiger partial charge in [-0.25, -0.2) is 4.98 Å². The molecule has 1 aliphatic rings. The van der Waals surface area contributed by atoms with Gasteiger partial charge in [-0.2, -0.15) is 0 Å². The van der Waals surface area contributed by atoms with E-state index in [4.69, 9.17) is 5.11 Å². The van der Waals surface area contributed by atoms with Crippen molar-refractivity contribution in [3.05, 3.63) is 29.3 Å². The van der Waals surface area contributed by atoms with E-state index in [0.29, 0.717) is 5.92 Å². The first-order valence-corrected chi connectivity index (χ1v) is 6.66. The molecule has 2 aromatic rings. The Hall–Kier alpha value is -1.42. The quantitative estimate of drug-likeness (QED) is 0.907. The molecule has 88 valence electrons. The van der Waals surface area contributed by atoms with Crippen molar-refractivity contribution >= 4 is 27.5 Å². The van der Waals surface area contributed by atoms with E-state index < -0.39 is 5.97 Å². The van der Waals surface area contributed by atoms with Crippen molar-refractivity contribution in [2.45, 2.75) is 19.3 Å². The van der Waals surface area contributed by atoms with Gasteiger partial charge in [-0.05, 0) is 36.8 Å². The molecule has 0 spiro atoms. The molecule has 0 saturated heterocycles. The largest absolute Gasteiger partial charge is 0.481 e. The molecule has 0 radical (unpaired) electrons. The predicted octanol–water partition coefficient (Wildman–Crippen LogP) is 2.95. The molecular formula is C13H13NO2S. The second kappa shape index (κ2) is 4.11. The maximum Gasteiger partial charge on any atom is 0.306 e. The van der Waals surface area contributed by atoms with Crippen molar-refractivity contribution in [2.75, 3.05) is 0 Å². The summed E-state index contributed by atoms with van der Waals surface area (Å²) in [5.41, 5.74) is 4.25. The van der Waals surface area contributed by atoms with Gasteiger partial charge in [0.2, 0.25) is 0 Å². The van der Waals surface area contributed by atoms with Gasteiger partial charge in [-0.1, -0.05) is 12.1 Å². The van der Waals surface area contributed by atoms with Crippen molar-refractivity contribution in [3.63, 3.8) is 0 Å². The highest BCUT2D eigenvalue weighted by molar-refractivity contribution is 7.16. The first kappa shape index (κ1) is 10.7. The van der Waals surface area contributed by atoms with Gasteiger partial charge in [0.1, 0.15) is 0 Å². The third-order valence-electron chi connectivity index (χ3n) is 3.53. The summed E-state index contributed by atoms with van der Waals surface area (Å²) in [6, 6.07) is 6.19. The summed E-state index contributed by atoms with van der Waals surface area (Å²) in [5.74, 6) is -0.221. The van der Waals surface area contributed by atoms with Crippen LogP contribution >= 0.6 is 11.3 Å². The minimum absolute atomic E-state index is 0.110. The molecule has 1 N–H and O–H groups in total. The number of carboxylic acid groups (broad SMARTS) is 1. The number of thiazole rings is 1. The Kier molecular flexibility index (Phi) is 2.59. The van der Waals surface area contributed by atoms with Crippen LogP contribution in [0.1, 0.15) is 18.4 Å². The second-order valence-corrected chi connectivity index (χ2v) is 5.55. The van der Waals surface area contributed by atoms with Gasteiger partial charge in [0, 0.05) is 0 Å². The van der Waals surface area contributed by atoms with E-state index in [1.165, 1.54) is 10.3 Å². The predicted molar refractivity (Wildman–Crippen MR) is 67.2 cm³/mol. The number of hydrogen-bond donors (Lipinski definition) is 1. The van der Waals surface area contributed by atoms with Crippen LogP contribution in [0.4, 0.5) is 0 Å². The average Bonchev–Trinajstić information content (AvgIpc) is 2.70. The van der Waals surface area contributed by atoms with Gasteiger partial charge in [0.25, 0.3) is 0 Å². The summed E-state index contributed by atoms with van der Waals surface area (Å²) < 4.78 is 1.26. The lowest BCUT2D eigenvalue weighted by Crippen LogP contribution is -2.31. The molecule has 1 saturated carbocycles. The molecule has 1 aromatic heterocycles. The Morgan fingerprint density at radius 2 is 2.29 bits per heavy atom. The highest BCUT2D eigenvalue weighted by atomic mass is 32.1. The highest BCUT2D eigenvalue weighted by Gasteiger charge is 2.34. The number of nitrogens with zero attached hydrogens (tertiary/aromatic N) is 1. The smallest absolute Gasteiger partial charge is 0.306 e. The summed E-state index contributed by atoms with van der Waals surface area (Å²) in [6.07, 6.45) is 2.64. The third kappa shape index (κ3) is 1.93. The van der Waals surface area contributed by atoms with Crippen LogP contribution in [0, 0.1) is 11.8 Å². The zero-order valence-corrected chi connectivity index (χ0v) is 10.1. The van der Waals surface area contributed by atoms with Crippen LogP contribution < -0.4 is 0 Å². The van der Waals surface area contributed by atoms with Crippen LogP contribution in [-0.2, 0) is 11.2 Å². The molecule has 0 unspecified atom stereocenters.